The van der Waals surface area contributed by atoms with Gasteiger partial charge in [0, 0.05) is 24.6 Å². The van der Waals surface area contributed by atoms with Crippen LogP contribution >= 0.6 is 0 Å². The fourth-order valence-corrected chi connectivity index (χ4v) is 1.72. The third-order valence-electron chi connectivity index (χ3n) is 2.66. The van der Waals surface area contributed by atoms with Crippen LogP contribution in [0.3, 0.4) is 0 Å². The minimum atomic E-state index is 1.00. The molecular weight excluding hydrogens is 222 g/mol. The number of para-hydroxylation sites is 2. The normalized spacial score (nSPS) is 13.6. The van der Waals surface area contributed by atoms with Gasteiger partial charge in [-0.2, -0.15) is 0 Å². The zero-order valence-corrected chi connectivity index (χ0v) is 10.5. The lowest BCUT2D eigenvalue weighted by Crippen LogP contribution is -1.87. The maximum absolute atomic E-state index is 4.94. The summed E-state index contributed by atoms with van der Waals surface area (Å²) in [7, 11) is 0. The molecule has 0 unspecified atom stereocenters. The summed E-state index contributed by atoms with van der Waals surface area (Å²) in [4.78, 5) is 0. The molecule has 0 spiro atoms. The second kappa shape index (κ2) is 7.51. The van der Waals surface area contributed by atoms with Crippen molar-refractivity contribution in [2.75, 3.05) is 18.5 Å². The van der Waals surface area contributed by atoms with Gasteiger partial charge >= 0.3 is 0 Å². The molecule has 2 aromatic rings. The summed E-state index contributed by atoms with van der Waals surface area (Å²) in [6.45, 7) is 2.00. The van der Waals surface area contributed by atoms with Gasteiger partial charge in [-0.3, -0.25) is 0 Å². The maximum Gasteiger partial charge on any atom is 0.0466 e. The van der Waals surface area contributed by atoms with Crippen LogP contribution in [0.15, 0.2) is 60.7 Å². The number of hydrogen-bond donors (Lipinski definition) is 1. The molecule has 0 saturated carbocycles. The van der Waals surface area contributed by atoms with Gasteiger partial charge < -0.3 is 10.1 Å². The molecule has 2 nitrogen and oxygen atoms in total. The van der Waals surface area contributed by atoms with Crippen LogP contribution in [0, 0.1) is 0 Å². The third kappa shape index (κ3) is 4.60. The van der Waals surface area contributed by atoms with Crippen LogP contribution < -0.4 is 5.32 Å². The lowest BCUT2D eigenvalue weighted by Gasteiger charge is -2.04. The molecule has 1 aliphatic rings. The van der Waals surface area contributed by atoms with Gasteiger partial charge in [0.15, 0.2) is 0 Å². The van der Waals surface area contributed by atoms with E-state index in [9.17, 15) is 0 Å². The van der Waals surface area contributed by atoms with Gasteiger partial charge in [0.05, 0.1) is 0 Å². The van der Waals surface area contributed by atoms with Crippen molar-refractivity contribution in [2.45, 2.75) is 12.8 Å². The number of rotatable bonds is 2. The van der Waals surface area contributed by atoms with E-state index >= 15 is 0 Å². The van der Waals surface area contributed by atoms with Crippen LogP contribution in [0.25, 0.3) is 0 Å². The molecule has 0 radical (unpaired) electrons. The molecule has 0 amide bonds. The van der Waals surface area contributed by atoms with Gasteiger partial charge in [0.2, 0.25) is 0 Å². The Labute approximate surface area is 109 Å². The average Bonchev–Trinajstić information content (AvgIpc) is 3.00. The Morgan fingerprint density at radius 2 is 1.11 bits per heavy atom. The standard InChI is InChI=1S/C12H11N.C4H8O/c1-3-7-11(8-4-1)13-12-9-5-2-6-10-12;1-2-4-5-3-1/h1-10,13H;1-4H2. The quantitative estimate of drug-likeness (QED) is 0.849. The van der Waals surface area contributed by atoms with Crippen LogP contribution in [0.4, 0.5) is 11.4 Å². The summed E-state index contributed by atoms with van der Waals surface area (Å²) in [5.74, 6) is 0. The summed E-state index contributed by atoms with van der Waals surface area (Å²) in [6, 6.07) is 20.3. The van der Waals surface area contributed by atoms with Crippen molar-refractivity contribution in [3.8, 4) is 0 Å². The number of anilines is 2. The molecule has 2 heteroatoms. The van der Waals surface area contributed by atoms with E-state index in [1.54, 1.807) is 0 Å². The second-order valence-corrected chi connectivity index (χ2v) is 4.18. The van der Waals surface area contributed by atoms with E-state index < -0.39 is 0 Å². The van der Waals surface area contributed by atoms with Crippen molar-refractivity contribution in [3.05, 3.63) is 60.7 Å². The monoisotopic (exact) mass is 241 g/mol. The first-order valence-corrected chi connectivity index (χ1v) is 6.40. The molecule has 0 atom stereocenters. The summed E-state index contributed by atoms with van der Waals surface area (Å²) < 4.78 is 4.94. The molecular formula is C16H19NO. The Kier molecular flexibility index (Phi) is 5.28. The van der Waals surface area contributed by atoms with E-state index in [0.717, 1.165) is 24.6 Å². The predicted octanol–water partition coefficient (Wildman–Crippen LogP) is 4.23. The van der Waals surface area contributed by atoms with E-state index in [4.69, 9.17) is 4.74 Å². The smallest absolute Gasteiger partial charge is 0.0466 e. The summed E-state index contributed by atoms with van der Waals surface area (Å²) in [5, 5.41) is 3.30. The second-order valence-electron chi connectivity index (χ2n) is 4.18. The number of nitrogens with one attached hydrogen (secondary N) is 1. The van der Waals surface area contributed by atoms with E-state index in [2.05, 4.69) is 5.32 Å². The van der Waals surface area contributed by atoms with E-state index in [-0.39, 0.29) is 0 Å². The molecule has 1 heterocycles. The molecule has 1 aliphatic heterocycles. The molecule has 2 aromatic carbocycles. The average molecular weight is 241 g/mol. The van der Waals surface area contributed by atoms with Gasteiger partial charge in [-0.05, 0) is 37.1 Å². The van der Waals surface area contributed by atoms with Gasteiger partial charge in [0.25, 0.3) is 0 Å². The SMILES string of the molecule is C1CCOC1.c1ccc(Nc2ccccc2)cc1. The predicted molar refractivity (Wildman–Crippen MR) is 76.2 cm³/mol. The molecule has 0 aromatic heterocycles. The van der Waals surface area contributed by atoms with Crippen molar-refractivity contribution in [3.63, 3.8) is 0 Å². The Morgan fingerprint density at radius 1 is 0.667 bits per heavy atom. The number of hydrogen-bond acceptors (Lipinski definition) is 2. The van der Waals surface area contributed by atoms with Crippen LogP contribution in [-0.4, -0.2) is 13.2 Å². The van der Waals surface area contributed by atoms with Crippen molar-refractivity contribution >= 4 is 11.4 Å². The fourth-order valence-electron chi connectivity index (χ4n) is 1.72. The molecule has 1 fully saturated rings. The molecule has 18 heavy (non-hydrogen) atoms. The highest BCUT2D eigenvalue weighted by Gasteiger charge is 1.94. The fraction of sp³-hybridized carbons (Fsp3) is 0.250. The van der Waals surface area contributed by atoms with Crippen LogP contribution in [0.5, 0.6) is 0 Å². The van der Waals surface area contributed by atoms with E-state index in [1.165, 1.54) is 12.8 Å². The summed E-state index contributed by atoms with van der Waals surface area (Å²) >= 11 is 0. The zero-order valence-electron chi connectivity index (χ0n) is 10.5. The van der Waals surface area contributed by atoms with Crippen molar-refractivity contribution in [1.29, 1.82) is 0 Å². The molecule has 0 bridgehead atoms. The van der Waals surface area contributed by atoms with E-state index in [0.29, 0.717) is 0 Å². The molecule has 0 aliphatic carbocycles. The Bertz CT molecular complexity index is 378. The largest absolute Gasteiger partial charge is 0.381 e. The molecule has 3 rings (SSSR count). The zero-order chi connectivity index (χ0) is 12.5. The Morgan fingerprint density at radius 3 is 1.44 bits per heavy atom. The van der Waals surface area contributed by atoms with Crippen molar-refractivity contribution < 1.29 is 4.74 Å². The van der Waals surface area contributed by atoms with Crippen LogP contribution in [-0.2, 0) is 4.74 Å². The van der Waals surface area contributed by atoms with Gasteiger partial charge in [-0.1, -0.05) is 36.4 Å². The van der Waals surface area contributed by atoms with Crippen molar-refractivity contribution in [2.24, 2.45) is 0 Å². The molecule has 94 valence electrons. The van der Waals surface area contributed by atoms with Gasteiger partial charge in [0.1, 0.15) is 0 Å². The first-order valence-electron chi connectivity index (χ1n) is 6.40. The van der Waals surface area contributed by atoms with Crippen LogP contribution in [0.2, 0.25) is 0 Å². The van der Waals surface area contributed by atoms with Crippen LogP contribution in [0.1, 0.15) is 12.8 Å². The highest BCUT2D eigenvalue weighted by molar-refractivity contribution is 5.58. The lowest BCUT2D eigenvalue weighted by molar-refractivity contribution is 0.198. The topological polar surface area (TPSA) is 21.3 Å². The van der Waals surface area contributed by atoms with Gasteiger partial charge in [-0.25, -0.2) is 0 Å². The van der Waals surface area contributed by atoms with Crippen molar-refractivity contribution in [1.82, 2.24) is 0 Å². The van der Waals surface area contributed by atoms with Gasteiger partial charge in [-0.15, -0.1) is 0 Å². The third-order valence-corrected chi connectivity index (χ3v) is 2.66. The minimum Gasteiger partial charge on any atom is -0.381 e. The first kappa shape index (κ1) is 12.7. The first-order chi connectivity index (χ1) is 8.95. The summed E-state index contributed by atoms with van der Waals surface area (Å²) in [6.07, 6.45) is 2.56. The number of benzene rings is 2. The van der Waals surface area contributed by atoms with E-state index in [1.807, 2.05) is 60.7 Å². The Hall–Kier alpha value is -1.80. The highest BCUT2D eigenvalue weighted by atomic mass is 16.5. The summed E-state index contributed by atoms with van der Waals surface area (Å²) in [5.41, 5.74) is 2.24. The lowest BCUT2D eigenvalue weighted by atomic mass is 10.3. The number of ether oxygens (including phenoxy) is 1. The minimum absolute atomic E-state index is 1.00. The molecule has 1 saturated heterocycles. The molecule has 1 N–H and O–H groups in total. The maximum atomic E-state index is 4.94. The Balaban J connectivity index is 0.000000202. The highest BCUT2D eigenvalue weighted by Crippen LogP contribution is 2.14.